The first-order chi connectivity index (χ1) is 22.9. The van der Waals surface area contributed by atoms with Gasteiger partial charge in [-0.2, -0.15) is 5.10 Å². The highest BCUT2D eigenvalue weighted by Gasteiger charge is 2.48. The molecule has 2 amide bonds. The van der Waals surface area contributed by atoms with Crippen LogP contribution in [-0.4, -0.2) is 52.2 Å². The lowest BCUT2D eigenvalue weighted by atomic mass is 9.89. The zero-order valence-corrected chi connectivity index (χ0v) is 26.8. The minimum atomic E-state index is -0.717. The van der Waals surface area contributed by atoms with Gasteiger partial charge in [-0.3, -0.25) is 9.48 Å². The summed E-state index contributed by atoms with van der Waals surface area (Å²) in [5.74, 6) is 2.05. The van der Waals surface area contributed by atoms with Crippen molar-refractivity contribution in [3.05, 3.63) is 89.7 Å². The Balaban J connectivity index is 1.14. The number of methoxy groups -OCH3 is 2. The molecule has 2 aliphatic carbocycles. The zero-order chi connectivity index (χ0) is 32.8. The molecule has 47 heavy (non-hydrogen) atoms. The number of carbonyl (C=O) groups is 2. The number of carbonyl (C=O) groups excluding carboxylic acids is 2. The van der Waals surface area contributed by atoms with E-state index in [2.05, 4.69) is 25.9 Å². The van der Waals surface area contributed by atoms with Crippen molar-refractivity contribution in [2.75, 3.05) is 19.5 Å². The van der Waals surface area contributed by atoms with Crippen LogP contribution in [0.5, 0.6) is 17.5 Å². The fourth-order valence-electron chi connectivity index (χ4n) is 5.86. The molecule has 2 aliphatic rings. The highest BCUT2D eigenvalue weighted by Crippen LogP contribution is 2.51. The van der Waals surface area contributed by atoms with Gasteiger partial charge in [-0.15, -0.1) is 10.2 Å². The maximum atomic E-state index is 13.8. The first-order valence-electron chi connectivity index (χ1n) is 15.9. The molecule has 2 fully saturated rings. The quantitative estimate of drug-likeness (QED) is 0.171. The molecule has 0 aliphatic heterocycles. The summed E-state index contributed by atoms with van der Waals surface area (Å²) in [6.45, 7) is 2.35. The van der Waals surface area contributed by atoms with E-state index < -0.39 is 12.1 Å². The molecule has 2 heterocycles. The van der Waals surface area contributed by atoms with Crippen LogP contribution in [0.15, 0.2) is 73.1 Å². The Morgan fingerprint density at radius 3 is 2.28 bits per heavy atom. The van der Waals surface area contributed by atoms with Crippen molar-refractivity contribution in [2.24, 2.45) is 17.8 Å². The van der Waals surface area contributed by atoms with Crippen molar-refractivity contribution in [3.8, 4) is 17.5 Å². The zero-order valence-electron chi connectivity index (χ0n) is 26.8. The van der Waals surface area contributed by atoms with Crippen molar-refractivity contribution < 1.29 is 28.5 Å². The van der Waals surface area contributed by atoms with Crippen LogP contribution in [0.25, 0.3) is 0 Å². The number of benzene rings is 2. The number of nitrogens with one attached hydrogen (secondary N) is 2. The molecular weight excluding hydrogens is 600 g/mol. The summed E-state index contributed by atoms with van der Waals surface area (Å²) in [4.78, 5) is 26.7. The predicted molar refractivity (Wildman–Crippen MR) is 173 cm³/mol. The van der Waals surface area contributed by atoms with Gasteiger partial charge in [0.2, 0.25) is 17.7 Å². The molecule has 4 aromatic rings. The fraction of sp³-hybridized carbons (Fsp3) is 0.400. The average molecular weight is 641 g/mol. The molecule has 12 heteroatoms. The monoisotopic (exact) mass is 640 g/mol. The normalized spacial score (nSPS) is 15.4. The van der Waals surface area contributed by atoms with Gasteiger partial charge in [0.05, 0.1) is 32.1 Å². The van der Waals surface area contributed by atoms with Crippen molar-refractivity contribution in [2.45, 2.75) is 57.9 Å². The second kappa shape index (κ2) is 14.5. The summed E-state index contributed by atoms with van der Waals surface area (Å²) in [6.07, 6.45) is 6.98. The van der Waals surface area contributed by atoms with E-state index in [0.29, 0.717) is 34.8 Å². The number of nitrogens with zero attached hydrogens (tertiary/aromatic N) is 4. The van der Waals surface area contributed by atoms with E-state index in [1.165, 1.54) is 7.11 Å². The van der Waals surface area contributed by atoms with Crippen molar-refractivity contribution in [3.63, 3.8) is 0 Å². The molecule has 2 saturated carbocycles. The number of anilines is 1. The molecule has 2 N–H and O–H groups in total. The van der Waals surface area contributed by atoms with E-state index in [1.807, 2.05) is 61.5 Å². The Morgan fingerprint density at radius 2 is 1.62 bits per heavy atom. The highest BCUT2D eigenvalue weighted by molar-refractivity contribution is 5.96. The number of hydrogen-bond donors (Lipinski definition) is 2. The molecule has 2 atom stereocenters. The Kier molecular flexibility index (Phi) is 9.84. The second-order valence-corrected chi connectivity index (χ2v) is 12.1. The molecule has 246 valence electrons. The molecule has 0 radical (unpaired) electrons. The van der Waals surface area contributed by atoms with Gasteiger partial charge in [0.15, 0.2) is 0 Å². The summed E-state index contributed by atoms with van der Waals surface area (Å²) in [5.41, 5.74) is 3.03. The van der Waals surface area contributed by atoms with E-state index in [1.54, 1.807) is 30.3 Å². The summed E-state index contributed by atoms with van der Waals surface area (Å²) in [7, 11) is 3.15. The molecule has 0 spiro atoms. The molecule has 0 bridgehead atoms. The van der Waals surface area contributed by atoms with Crippen molar-refractivity contribution >= 4 is 17.7 Å². The van der Waals surface area contributed by atoms with E-state index >= 15 is 0 Å². The van der Waals surface area contributed by atoms with Crippen LogP contribution >= 0.6 is 0 Å². The number of alkyl carbamates (subject to hydrolysis) is 1. The van der Waals surface area contributed by atoms with Crippen LogP contribution in [0.2, 0.25) is 0 Å². The maximum absolute atomic E-state index is 13.8. The standard InChI is InChI=1S/C35H40N6O6/c1-22(29-17-30(45-3)39-40-34(29)46-20-24-9-15-28(44-2)16-10-24)41-19-27(18-36-41)37-33(42)32(31(25-11-12-25)26-13-14-26)38-35(43)47-21-23-7-5-4-6-8-23/h4-10,15-19,22,25-26,31-32H,11-14,20-21H2,1-3H3,(H,37,42)(H,38,43)/t22?,32-/m0/s1. The molecule has 2 aromatic carbocycles. The lowest BCUT2D eigenvalue weighted by molar-refractivity contribution is -0.119. The largest absolute Gasteiger partial charge is 0.497 e. The predicted octanol–water partition coefficient (Wildman–Crippen LogP) is 5.55. The van der Waals surface area contributed by atoms with Crippen molar-refractivity contribution in [1.29, 1.82) is 0 Å². The SMILES string of the molecule is COc1ccc(COc2nnc(OC)cc2C(C)n2cc(NC(=O)[C@@H](NC(=O)OCc3ccccc3)C(C3CC3)C3CC3)cn2)cc1. The Bertz CT molecular complexity index is 1640. The highest BCUT2D eigenvalue weighted by atomic mass is 16.5. The molecular formula is C35H40N6O6. The number of hydrogen-bond acceptors (Lipinski definition) is 9. The van der Waals surface area contributed by atoms with Crippen LogP contribution in [-0.2, 0) is 22.7 Å². The van der Waals surface area contributed by atoms with Crippen LogP contribution in [0.4, 0.5) is 10.5 Å². The second-order valence-electron chi connectivity index (χ2n) is 12.1. The summed E-state index contributed by atoms with van der Waals surface area (Å²) < 4.78 is 23.9. The maximum Gasteiger partial charge on any atom is 0.408 e. The molecule has 6 rings (SSSR count). The summed E-state index contributed by atoms with van der Waals surface area (Å²) >= 11 is 0. The third kappa shape index (κ3) is 8.18. The van der Waals surface area contributed by atoms with Crippen LogP contribution in [0, 0.1) is 17.8 Å². The molecule has 0 saturated heterocycles. The molecule has 1 unspecified atom stereocenters. The van der Waals surface area contributed by atoms with Gasteiger partial charge in [0.25, 0.3) is 0 Å². The first-order valence-corrected chi connectivity index (χ1v) is 15.9. The van der Waals surface area contributed by atoms with E-state index in [-0.39, 0.29) is 31.1 Å². The van der Waals surface area contributed by atoms with Crippen LogP contribution in [0.1, 0.15) is 55.3 Å². The topological polar surface area (TPSA) is 139 Å². The minimum Gasteiger partial charge on any atom is -0.497 e. The third-order valence-corrected chi connectivity index (χ3v) is 8.71. The Hall–Kier alpha value is -5.13. The number of aromatic nitrogens is 4. The lowest BCUT2D eigenvalue weighted by Crippen LogP contribution is -2.50. The lowest BCUT2D eigenvalue weighted by Gasteiger charge is -2.27. The van der Waals surface area contributed by atoms with Gasteiger partial charge in [0.1, 0.15) is 25.0 Å². The average Bonchev–Trinajstić information content (AvgIpc) is 4.06. The van der Waals surface area contributed by atoms with Crippen LogP contribution in [0.3, 0.4) is 0 Å². The van der Waals surface area contributed by atoms with Gasteiger partial charge >= 0.3 is 6.09 Å². The molecule has 12 nitrogen and oxygen atoms in total. The number of ether oxygens (including phenoxy) is 4. The third-order valence-electron chi connectivity index (χ3n) is 8.71. The van der Waals surface area contributed by atoms with Gasteiger partial charge in [-0.05, 0) is 73.6 Å². The summed E-state index contributed by atoms with van der Waals surface area (Å²) in [5, 5.41) is 18.8. The van der Waals surface area contributed by atoms with E-state index in [0.717, 1.165) is 42.6 Å². The Labute approximate surface area is 273 Å². The van der Waals surface area contributed by atoms with E-state index in [9.17, 15) is 9.59 Å². The Morgan fingerprint density at radius 1 is 0.915 bits per heavy atom. The van der Waals surface area contributed by atoms with E-state index in [4.69, 9.17) is 18.9 Å². The van der Waals surface area contributed by atoms with Crippen molar-refractivity contribution in [1.82, 2.24) is 25.3 Å². The smallest absolute Gasteiger partial charge is 0.408 e. The number of amides is 2. The van der Waals surface area contributed by atoms with Gasteiger partial charge in [-0.1, -0.05) is 42.5 Å². The van der Waals surface area contributed by atoms with Crippen LogP contribution < -0.4 is 24.8 Å². The van der Waals surface area contributed by atoms with Gasteiger partial charge in [-0.25, -0.2) is 4.79 Å². The van der Waals surface area contributed by atoms with Gasteiger partial charge in [0, 0.05) is 17.8 Å². The summed E-state index contributed by atoms with van der Waals surface area (Å²) in [6, 6.07) is 17.7. The first kappa shape index (κ1) is 31.8. The minimum absolute atomic E-state index is 0.0639. The molecule has 2 aromatic heterocycles. The fourth-order valence-corrected chi connectivity index (χ4v) is 5.86. The van der Waals surface area contributed by atoms with Gasteiger partial charge < -0.3 is 29.6 Å². The number of rotatable bonds is 15.